The molecule has 0 saturated carbocycles. The highest BCUT2D eigenvalue weighted by Gasteiger charge is 2.27. The molecule has 0 amide bonds. The molecule has 2 atom stereocenters. The number of halogens is 2. The molecule has 1 saturated heterocycles. The maximum atomic E-state index is 14.0. The van der Waals surface area contributed by atoms with Crippen molar-refractivity contribution in [2.75, 3.05) is 33.3 Å². The quantitative estimate of drug-likeness (QED) is 0.846. The van der Waals surface area contributed by atoms with Gasteiger partial charge in [-0.05, 0) is 50.2 Å². The SMILES string of the molecule is CCCNC(Cc1cc(Br)ccc1F)C1CN(C)CCO1. The fraction of sp³-hybridized carbons (Fsp3) is 0.625. The van der Waals surface area contributed by atoms with Crippen molar-refractivity contribution in [1.82, 2.24) is 10.2 Å². The van der Waals surface area contributed by atoms with E-state index in [1.165, 1.54) is 6.07 Å². The van der Waals surface area contributed by atoms with E-state index >= 15 is 0 Å². The van der Waals surface area contributed by atoms with E-state index in [1.807, 2.05) is 6.07 Å². The smallest absolute Gasteiger partial charge is 0.126 e. The van der Waals surface area contributed by atoms with Crippen LogP contribution in [0.3, 0.4) is 0 Å². The van der Waals surface area contributed by atoms with Gasteiger partial charge in [0.25, 0.3) is 0 Å². The van der Waals surface area contributed by atoms with Crippen LogP contribution in [-0.4, -0.2) is 50.3 Å². The molecule has 1 aromatic carbocycles. The Morgan fingerprint density at radius 1 is 1.52 bits per heavy atom. The summed E-state index contributed by atoms with van der Waals surface area (Å²) in [7, 11) is 2.10. The van der Waals surface area contributed by atoms with E-state index in [-0.39, 0.29) is 18.0 Å². The largest absolute Gasteiger partial charge is 0.374 e. The lowest BCUT2D eigenvalue weighted by atomic mass is 9.99. The van der Waals surface area contributed by atoms with Crippen LogP contribution in [0.2, 0.25) is 0 Å². The number of benzene rings is 1. The number of hydrogen-bond acceptors (Lipinski definition) is 3. The minimum absolute atomic E-state index is 0.105. The Balaban J connectivity index is 2.09. The van der Waals surface area contributed by atoms with Gasteiger partial charge in [-0.2, -0.15) is 0 Å². The molecule has 0 aromatic heterocycles. The van der Waals surface area contributed by atoms with Gasteiger partial charge in [-0.25, -0.2) is 4.39 Å². The zero-order valence-corrected chi connectivity index (χ0v) is 14.3. The van der Waals surface area contributed by atoms with Crippen molar-refractivity contribution in [1.29, 1.82) is 0 Å². The van der Waals surface area contributed by atoms with Gasteiger partial charge < -0.3 is 15.0 Å². The first-order valence-corrected chi connectivity index (χ1v) is 8.37. The van der Waals surface area contributed by atoms with Crippen LogP contribution in [0.5, 0.6) is 0 Å². The highest BCUT2D eigenvalue weighted by Crippen LogP contribution is 2.19. The normalized spacial score (nSPS) is 21.4. The fourth-order valence-electron chi connectivity index (χ4n) is 2.66. The molecule has 1 fully saturated rings. The van der Waals surface area contributed by atoms with E-state index < -0.39 is 0 Å². The van der Waals surface area contributed by atoms with Crippen LogP contribution in [0.1, 0.15) is 18.9 Å². The summed E-state index contributed by atoms with van der Waals surface area (Å²) < 4.78 is 20.8. The van der Waals surface area contributed by atoms with Crippen molar-refractivity contribution in [3.63, 3.8) is 0 Å². The third-order valence-electron chi connectivity index (χ3n) is 3.85. The van der Waals surface area contributed by atoms with Gasteiger partial charge in [-0.3, -0.25) is 0 Å². The molecule has 0 aliphatic carbocycles. The van der Waals surface area contributed by atoms with Gasteiger partial charge in [0, 0.05) is 23.6 Å². The second kappa shape index (κ2) is 8.22. The van der Waals surface area contributed by atoms with Gasteiger partial charge >= 0.3 is 0 Å². The number of rotatable bonds is 6. The van der Waals surface area contributed by atoms with Crippen molar-refractivity contribution in [3.8, 4) is 0 Å². The first kappa shape index (κ1) is 16.9. The fourth-order valence-corrected chi connectivity index (χ4v) is 3.06. The molecule has 3 nitrogen and oxygen atoms in total. The number of ether oxygens (including phenoxy) is 1. The summed E-state index contributed by atoms with van der Waals surface area (Å²) in [6.45, 7) is 5.65. The average molecular weight is 359 g/mol. The summed E-state index contributed by atoms with van der Waals surface area (Å²) in [4.78, 5) is 2.27. The van der Waals surface area contributed by atoms with Crippen LogP contribution in [0.25, 0.3) is 0 Å². The third-order valence-corrected chi connectivity index (χ3v) is 4.34. The van der Waals surface area contributed by atoms with E-state index in [2.05, 4.69) is 40.1 Å². The summed E-state index contributed by atoms with van der Waals surface area (Å²) in [6.07, 6.45) is 1.80. The van der Waals surface area contributed by atoms with Crippen molar-refractivity contribution < 1.29 is 9.13 Å². The summed E-state index contributed by atoms with van der Waals surface area (Å²) in [6, 6.07) is 5.25. The molecule has 1 aromatic rings. The van der Waals surface area contributed by atoms with Crippen LogP contribution >= 0.6 is 15.9 Å². The summed E-state index contributed by atoms with van der Waals surface area (Å²) in [5.41, 5.74) is 0.731. The van der Waals surface area contributed by atoms with E-state index in [9.17, 15) is 4.39 Å². The van der Waals surface area contributed by atoms with Gasteiger partial charge in [0.2, 0.25) is 0 Å². The Morgan fingerprint density at radius 2 is 2.33 bits per heavy atom. The van der Waals surface area contributed by atoms with Gasteiger partial charge in [0.1, 0.15) is 5.82 Å². The second-order valence-corrected chi connectivity index (χ2v) is 6.59. The maximum absolute atomic E-state index is 14.0. The molecule has 1 heterocycles. The van der Waals surface area contributed by atoms with Crippen LogP contribution < -0.4 is 5.32 Å². The lowest BCUT2D eigenvalue weighted by Crippen LogP contribution is -2.52. The third kappa shape index (κ3) is 5.02. The highest BCUT2D eigenvalue weighted by atomic mass is 79.9. The summed E-state index contributed by atoms with van der Waals surface area (Å²) >= 11 is 3.42. The van der Waals surface area contributed by atoms with Crippen molar-refractivity contribution in [3.05, 3.63) is 34.1 Å². The molecule has 0 bridgehead atoms. The maximum Gasteiger partial charge on any atom is 0.126 e. The Bertz CT molecular complexity index is 458. The Kier molecular flexibility index (Phi) is 6.61. The predicted molar refractivity (Wildman–Crippen MR) is 87.1 cm³/mol. The van der Waals surface area contributed by atoms with Gasteiger partial charge in [0.05, 0.1) is 12.7 Å². The first-order chi connectivity index (χ1) is 10.1. The molecule has 1 aliphatic rings. The number of hydrogen-bond donors (Lipinski definition) is 1. The number of likely N-dealkylation sites (N-methyl/N-ethyl adjacent to an activating group) is 1. The average Bonchev–Trinajstić information content (AvgIpc) is 2.47. The monoisotopic (exact) mass is 358 g/mol. The lowest BCUT2D eigenvalue weighted by molar-refractivity contribution is -0.0384. The molecule has 5 heteroatoms. The van der Waals surface area contributed by atoms with E-state index in [0.29, 0.717) is 6.42 Å². The molecular weight excluding hydrogens is 335 g/mol. The summed E-state index contributed by atoms with van der Waals surface area (Å²) in [5.74, 6) is -0.148. The van der Waals surface area contributed by atoms with Crippen molar-refractivity contribution in [2.24, 2.45) is 0 Å². The van der Waals surface area contributed by atoms with Crippen molar-refractivity contribution >= 4 is 15.9 Å². The molecule has 2 unspecified atom stereocenters. The van der Waals surface area contributed by atoms with E-state index in [4.69, 9.17) is 4.74 Å². The van der Waals surface area contributed by atoms with Crippen LogP contribution in [0.15, 0.2) is 22.7 Å². The van der Waals surface area contributed by atoms with Gasteiger partial charge in [-0.1, -0.05) is 22.9 Å². The highest BCUT2D eigenvalue weighted by molar-refractivity contribution is 9.10. The molecule has 2 rings (SSSR count). The molecule has 21 heavy (non-hydrogen) atoms. The zero-order valence-electron chi connectivity index (χ0n) is 12.7. The van der Waals surface area contributed by atoms with Gasteiger partial charge in [-0.15, -0.1) is 0 Å². The number of nitrogens with one attached hydrogen (secondary N) is 1. The topological polar surface area (TPSA) is 24.5 Å². The van der Waals surface area contributed by atoms with Crippen LogP contribution in [0.4, 0.5) is 4.39 Å². The van der Waals surface area contributed by atoms with Crippen molar-refractivity contribution in [2.45, 2.75) is 31.9 Å². The predicted octanol–water partition coefficient (Wildman–Crippen LogP) is 2.83. The molecule has 0 radical (unpaired) electrons. The first-order valence-electron chi connectivity index (χ1n) is 7.57. The zero-order chi connectivity index (χ0) is 15.2. The Hall–Kier alpha value is -0.490. The second-order valence-electron chi connectivity index (χ2n) is 5.67. The van der Waals surface area contributed by atoms with Crippen LogP contribution in [0, 0.1) is 5.82 Å². The van der Waals surface area contributed by atoms with E-state index in [1.54, 1.807) is 6.07 Å². The molecule has 118 valence electrons. The molecule has 0 spiro atoms. The summed E-state index contributed by atoms with van der Waals surface area (Å²) in [5, 5.41) is 3.52. The number of nitrogens with zero attached hydrogens (tertiary/aromatic N) is 1. The van der Waals surface area contributed by atoms with Crippen LogP contribution in [-0.2, 0) is 11.2 Å². The minimum atomic E-state index is -0.148. The Labute approximate surface area is 135 Å². The lowest BCUT2D eigenvalue weighted by Gasteiger charge is -2.35. The molecule has 1 N–H and O–H groups in total. The standard InChI is InChI=1S/C16H24BrFN2O/c1-3-6-19-15(16-11-20(2)7-8-21-16)10-12-9-13(17)4-5-14(12)18/h4-5,9,15-16,19H,3,6-8,10-11H2,1-2H3. The van der Waals surface area contributed by atoms with Gasteiger partial charge in [0.15, 0.2) is 0 Å². The number of morpholine rings is 1. The molecular formula is C16H24BrFN2O. The Morgan fingerprint density at radius 3 is 3.05 bits per heavy atom. The van der Waals surface area contributed by atoms with E-state index in [0.717, 1.165) is 42.7 Å². The molecule has 1 aliphatic heterocycles. The minimum Gasteiger partial charge on any atom is -0.374 e.